The third-order valence-electron chi connectivity index (χ3n) is 6.66. The molecule has 188 valence electrons. The van der Waals surface area contributed by atoms with Crippen LogP contribution in [0.15, 0.2) is 78.1 Å². The van der Waals surface area contributed by atoms with E-state index in [0.29, 0.717) is 28.0 Å². The van der Waals surface area contributed by atoms with Gasteiger partial charge in [-0.25, -0.2) is 21.8 Å². The molecule has 0 bridgehead atoms. The van der Waals surface area contributed by atoms with Crippen molar-refractivity contribution in [3.05, 3.63) is 84.6 Å². The molecule has 1 N–H and O–H groups in total. The fraction of sp³-hybridized carbons (Fsp3) is 0.185. The second-order valence-electron chi connectivity index (χ2n) is 9.11. The van der Waals surface area contributed by atoms with Crippen LogP contribution in [0.2, 0.25) is 0 Å². The number of ether oxygens (including phenoxy) is 1. The number of methoxy groups -OCH3 is 1. The fourth-order valence-corrected chi connectivity index (χ4v) is 5.82. The highest BCUT2D eigenvalue weighted by Gasteiger charge is 2.26. The van der Waals surface area contributed by atoms with E-state index in [2.05, 4.69) is 15.4 Å². The van der Waals surface area contributed by atoms with Gasteiger partial charge in [0.05, 0.1) is 23.6 Å². The number of nitrogens with zero attached hydrogens (tertiary/aromatic N) is 4. The number of rotatable bonds is 6. The molecule has 0 aliphatic carbocycles. The maximum Gasteiger partial charge on any atom is 0.269 e. The molecule has 3 aromatic heterocycles. The Morgan fingerprint density at radius 1 is 1.03 bits per heavy atom. The van der Waals surface area contributed by atoms with E-state index in [1.165, 1.54) is 18.3 Å². The number of hydrogen-bond donors (Lipinski definition) is 1. The predicted molar refractivity (Wildman–Crippen MR) is 139 cm³/mol. The van der Waals surface area contributed by atoms with Crippen LogP contribution in [0.1, 0.15) is 11.6 Å². The van der Waals surface area contributed by atoms with Crippen LogP contribution in [0, 0.1) is 12.7 Å². The van der Waals surface area contributed by atoms with E-state index in [4.69, 9.17) is 4.74 Å². The van der Waals surface area contributed by atoms with Gasteiger partial charge in [0.15, 0.2) is 5.65 Å². The quantitative estimate of drug-likeness (QED) is 0.359. The highest BCUT2D eigenvalue weighted by Crippen LogP contribution is 2.37. The maximum absolute atomic E-state index is 14.2. The van der Waals surface area contributed by atoms with E-state index in [9.17, 15) is 12.8 Å². The minimum absolute atomic E-state index is 0.142. The van der Waals surface area contributed by atoms with Gasteiger partial charge in [0.2, 0.25) is 5.88 Å². The first kappa shape index (κ1) is 23.4. The van der Waals surface area contributed by atoms with E-state index in [0.717, 1.165) is 28.2 Å². The van der Waals surface area contributed by atoms with Gasteiger partial charge in [0, 0.05) is 48.2 Å². The van der Waals surface area contributed by atoms with E-state index < -0.39 is 15.8 Å². The van der Waals surface area contributed by atoms with Crippen LogP contribution >= 0.6 is 0 Å². The largest absolute Gasteiger partial charge is 0.479 e. The van der Waals surface area contributed by atoms with E-state index in [-0.39, 0.29) is 16.6 Å². The summed E-state index contributed by atoms with van der Waals surface area (Å²) in [4.78, 5) is 4.73. The molecule has 37 heavy (non-hydrogen) atoms. The minimum Gasteiger partial charge on any atom is -0.479 e. The molecular formula is C27H24FN5O3S. The van der Waals surface area contributed by atoms with Crippen molar-refractivity contribution in [2.75, 3.05) is 20.2 Å². The zero-order valence-electron chi connectivity index (χ0n) is 20.2. The normalized spacial score (nSPS) is 14.1. The smallest absolute Gasteiger partial charge is 0.269 e. The van der Waals surface area contributed by atoms with Gasteiger partial charge in [-0.3, -0.25) is 4.68 Å². The molecule has 6 rings (SSSR count). The first-order valence-corrected chi connectivity index (χ1v) is 13.2. The maximum atomic E-state index is 14.2. The van der Waals surface area contributed by atoms with Crippen molar-refractivity contribution in [1.82, 2.24) is 24.1 Å². The van der Waals surface area contributed by atoms with E-state index >= 15 is 0 Å². The number of halogens is 1. The average molecular weight is 518 g/mol. The van der Waals surface area contributed by atoms with Crippen molar-refractivity contribution in [2.24, 2.45) is 0 Å². The molecule has 2 aromatic carbocycles. The van der Waals surface area contributed by atoms with Crippen LogP contribution in [0.5, 0.6) is 5.88 Å². The van der Waals surface area contributed by atoms with Gasteiger partial charge in [-0.1, -0.05) is 29.8 Å². The molecule has 0 amide bonds. The number of hydrogen-bond acceptors (Lipinski definition) is 6. The summed E-state index contributed by atoms with van der Waals surface area (Å²) in [7, 11) is -2.40. The van der Waals surface area contributed by atoms with Crippen LogP contribution in [0.4, 0.5) is 4.39 Å². The summed E-state index contributed by atoms with van der Waals surface area (Å²) >= 11 is 0. The Morgan fingerprint density at radius 3 is 2.49 bits per heavy atom. The molecule has 8 nitrogen and oxygen atoms in total. The van der Waals surface area contributed by atoms with Crippen molar-refractivity contribution < 1.29 is 17.5 Å². The summed E-state index contributed by atoms with van der Waals surface area (Å²) in [5, 5.41) is 8.36. The van der Waals surface area contributed by atoms with Gasteiger partial charge in [-0.05, 0) is 42.8 Å². The Labute approximate surface area is 213 Å². The summed E-state index contributed by atoms with van der Waals surface area (Å²) < 4.78 is 50.1. The standard InChI is InChI=1S/C27H24FN5O3S/c1-17-6-8-22(9-7-17)37(34,35)33-16-24(18-4-3-5-20(28)10-18)23-11-19(12-30-26(23)33)25-15-32(21-13-29-14-21)31-27(25)36-2/h3-12,15-16,21,29H,13-14H2,1-2H3. The summed E-state index contributed by atoms with van der Waals surface area (Å²) in [6.45, 7) is 3.54. The molecule has 0 atom stereocenters. The molecule has 1 aliphatic heterocycles. The Balaban J connectivity index is 1.56. The Hall–Kier alpha value is -4.02. The zero-order valence-corrected chi connectivity index (χ0v) is 21.0. The topological polar surface area (TPSA) is 91.0 Å². The lowest BCUT2D eigenvalue weighted by Gasteiger charge is -2.26. The zero-order chi connectivity index (χ0) is 25.7. The molecule has 0 saturated carbocycles. The Kier molecular flexibility index (Phi) is 5.58. The monoisotopic (exact) mass is 517 g/mol. The van der Waals surface area contributed by atoms with E-state index in [1.807, 2.05) is 23.9 Å². The lowest BCUT2D eigenvalue weighted by molar-refractivity contribution is 0.306. The number of benzene rings is 2. The van der Waals surface area contributed by atoms with Crippen LogP contribution in [0.25, 0.3) is 33.3 Å². The molecule has 0 unspecified atom stereocenters. The first-order valence-electron chi connectivity index (χ1n) is 11.8. The highest BCUT2D eigenvalue weighted by molar-refractivity contribution is 7.90. The molecule has 1 aliphatic rings. The van der Waals surface area contributed by atoms with Gasteiger partial charge < -0.3 is 10.1 Å². The molecule has 1 fully saturated rings. The van der Waals surface area contributed by atoms with Gasteiger partial charge in [0.25, 0.3) is 10.0 Å². The third kappa shape index (κ3) is 3.98. The molecule has 1 saturated heterocycles. The molecule has 5 aromatic rings. The summed E-state index contributed by atoms with van der Waals surface area (Å²) in [5.41, 5.74) is 3.75. The van der Waals surface area contributed by atoms with Crippen molar-refractivity contribution in [1.29, 1.82) is 0 Å². The van der Waals surface area contributed by atoms with Gasteiger partial charge in [-0.15, -0.1) is 5.10 Å². The summed E-state index contributed by atoms with van der Waals surface area (Å²) in [6, 6.07) is 14.8. The average Bonchev–Trinajstić information content (AvgIpc) is 3.45. The molecular weight excluding hydrogens is 493 g/mol. The second-order valence-corrected chi connectivity index (χ2v) is 10.9. The van der Waals surface area contributed by atoms with Crippen LogP contribution in [-0.2, 0) is 10.0 Å². The minimum atomic E-state index is -3.96. The van der Waals surface area contributed by atoms with Crippen molar-refractivity contribution in [3.63, 3.8) is 0 Å². The Morgan fingerprint density at radius 2 is 1.81 bits per heavy atom. The number of aromatic nitrogens is 4. The number of aryl methyl sites for hydroxylation is 1. The molecule has 0 radical (unpaired) electrons. The summed E-state index contributed by atoms with van der Waals surface area (Å²) in [5.74, 6) is 0.0352. The van der Waals surface area contributed by atoms with Gasteiger partial charge in [0.1, 0.15) is 5.82 Å². The SMILES string of the molecule is COc1nn(C2CNC2)cc1-c1cnc2c(c1)c(-c1cccc(F)c1)cn2S(=O)(=O)c1ccc(C)cc1. The van der Waals surface area contributed by atoms with Crippen LogP contribution in [0.3, 0.4) is 0 Å². The molecule has 0 spiro atoms. The lowest BCUT2D eigenvalue weighted by atomic mass is 10.0. The van der Waals surface area contributed by atoms with Crippen LogP contribution in [-0.4, -0.2) is 47.4 Å². The van der Waals surface area contributed by atoms with E-state index in [1.54, 1.807) is 49.7 Å². The van der Waals surface area contributed by atoms with Crippen LogP contribution < -0.4 is 10.1 Å². The van der Waals surface area contributed by atoms with Gasteiger partial charge in [-0.2, -0.15) is 0 Å². The lowest BCUT2D eigenvalue weighted by Crippen LogP contribution is -2.43. The number of nitrogens with one attached hydrogen (secondary N) is 1. The van der Waals surface area contributed by atoms with Crippen molar-refractivity contribution in [2.45, 2.75) is 17.9 Å². The fourth-order valence-electron chi connectivity index (χ4n) is 4.49. The predicted octanol–water partition coefficient (Wildman–Crippen LogP) is 4.40. The Bertz CT molecular complexity index is 1740. The van der Waals surface area contributed by atoms with Gasteiger partial charge >= 0.3 is 0 Å². The van der Waals surface area contributed by atoms with Crippen molar-refractivity contribution >= 4 is 21.1 Å². The number of pyridine rings is 1. The first-order chi connectivity index (χ1) is 17.8. The molecule has 4 heterocycles. The highest BCUT2D eigenvalue weighted by atomic mass is 32.2. The second kappa shape index (κ2) is 8.82. The molecule has 10 heteroatoms. The van der Waals surface area contributed by atoms with Crippen molar-refractivity contribution in [3.8, 4) is 28.1 Å². The summed E-state index contributed by atoms with van der Waals surface area (Å²) in [6.07, 6.45) is 5.03. The third-order valence-corrected chi connectivity index (χ3v) is 8.33. The number of fused-ring (bicyclic) bond motifs is 1.